The van der Waals surface area contributed by atoms with Gasteiger partial charge in [0, 0.05) is 17.0 Å². The van der Waals surface area contributed by atoms with Gasteiger partial charge in [0.2, 0.25) is 0 Å². The molecule has 1 aromatic heterocycles. The topological polar surface area (TPSA) is 42.0 Å². The van der Waals surface area contributed by atoms with Gasteiger partial charge in [-0.15, -0.1) is 11.3 Å². The first kappa shape index (κ1) is 14.2. The summed E-state index contributed by atoms with van der Waals surface area (Å²) in [6, 6.07) is 3.17. The summed E-state index contributed by atoms with van der Waals surface area (Å²) in [6.45, 7) is 0. The number of carbonyl (C=O) groups is 1. The molecule has 1 amide bonds. The highest BCUT2D eigenvalue weighted by atomic mass is 35.5. The van der Waals surface area contributed by atoms with Crippen LogP contribution in [-0.2, 0) is 4.79 Å². The Kier molecular flexibility index (Phi) is 4.34. The maximum atomic E-state index is 13.5. The standard InChI is InChI=1S/C11H6Cl2F2N2OS/c12-9(13)10(18)17-11-16-8(4-19-11)6-2-1-5(14)3-7(6)15/h1-4,9H,(H,16,17,18). The maximum absolute atomic E-state index is 13.5. The zero-order valence-electron chi connectivity index (χ0n) is 9.16. The Balaban J connectivity index is 2.23. The second-order valence-corrected chi connectivity index (χ2v) is 5.41. The number of thiazole rings is 1. The van der Waals surface area contributed by atoms with Crippen molar-refractivity contribution in [3.05, 3.63) is 35.2 Å². The number of rotatable bonds is 3. The maximum Gasteiger partial charge on any atom is 0.259 e. The van der Waals surface area contributed by atoms with Crippen LogP contribution in [0.4, 0.5) is 13.9 Å². The number of benzene rings is 1. The van der Waals surface area contributed by atoms with Gasteiger partial charge in [-0.2, -0.15) is 0 Å². The molecule has 0 atom stereocenters. The fourth-order valence-electron chi connectivity index (χ4n) is 1.31. The lowest BCUT2D eigenvalue weighted by Crippen LogP contribution is -2.18. The molecule has 3 nitrogen and oxygen atoms in total. The van der Waals surface area contributed by atoms with Crippen molar-refractivity contribution in [2.24, 2.45) is 0 Å². The van der Waals surface area contributed by atoms with Crippen LogP contribution in [-0.4, -0.2) is 15.7 Å². The van der Waals surface area contributed by atoms with Gasteiger partial charge in [-0.3, -0.25) is 10.1 Å². The molecule has 0 radical (unpaired) electrons. The highest BCUT2D eigenvalue weighted by Crippen LogP contribution is 2.27. The number of carbonyl (C=O) groups excluding carboxylic acids is 1. The molecule has 0 fully saturated rings. The first-order chi connectivity index (χ1) is 8.97. The van der Waals surface area contributed by atoms with Gasteiger partial charge in [0.25, 0.3) is 5.91 Å². The SMILES string of the molecule is O=C(Nc1nc(-c2ccc(F)cc2F)cs1)C(Cl)Cl. The van der Waals surface area contributed by atoms with Gasteiger partial charge < -0.3 is 0 Å². The smallest absolute Gasteiger partial charge is 0.259 e. The Morgan fingerprint density at radius 2 is 2.11 bits per heavy atom. The monoisotopic (exact) mass is 322 g/mol. The number of amides is 1. The zero-order chi connectivity index (χ0) is 14.0. The summed E-state index contributed by atoms with van der Waals surface area (Å²) in [5.41, 5.74) is 0.435. The number of halogens is 4. The van der Waals surface area contributed by atoms with E-state index in [2.05, 4.69) is 10.3 Å². The van der Waals surface area contributed by atoms with Gasteiger partial charge in [0.05, 0.1) is 5.69 Å². The van der Waals surface area contributed by atoms with E-state index >= 15 is 0 Å². The van der Waals surface area contributed by atoms with Crippen LogP contribution in [0.1, 0.15) is 0 Å². The second-order valence-electron chi connectivity index (χ2n) is 3.45. The summed E-state index contributed by atoms with van der Waals surface area (Å²) in [5.74, 6) is -2.02. The van der Waals surface area contributed by atoms with Crippen molar-refractivity contribution in [2.45, 2.75) is 4.84 Å². The molecule has 0 aliphatic heterocycles. The predicted octanol–water partition coefficient (Wildman–Crippen LogP) is 3.83. The minimum atomic E-state index is -1.21. The first-order valence-electron chi connectivity index (χ1n) is 4.97. The van der Waals surface area contributed by atoms with Gasteiger partial charge in [0.1, 0.15) is 11.6 Å². The minimum Gasteiger partial charge on any atom is -0.300 e. The van der Waals surface area contributed by atoms with Crippen LogP contribution in [0.2, 0.25) is 0 Å². The molecule has 2 aromatic rings. The molecule has 0 aliphatic rings. The average molecular weight is 323 g/mol. The Bertz CT molecular complexity index is 618. The lowest BCUT2D eigenvalue weighted by atomic mass is 10.1. The van der Waals surface area contributed by atoms with Crippen LogP contribution in [0.3, 0.4) is 0 Å². The van der Waals surface area contributed by atoms with Gasteiger partial charge in [-0.25, -0.2) is 13.8 Å². The summed E-state index contributed by atoms with van der Waals surface area (Å²) in [6.07, 6.45) is 0. The molecule has 0 bridgehead atoms. The molecule has 2 rings (SSSR count). The van der Waals surface area contributed by atoms with Crippen LogP contribution in [0.5, 0.6) is 0 Å². The van der Waals surface area contributed by atoms with Crippen molar-refractivity contribution >= 4 is 45.6 Å². The summed E-state index contributed by atoms with van der Waals surface area (Å²) in [4.78, 5) is 14.0. The van der Waals surface area contributed by atoms with E-state index in [0.717, 1.165) is 23.5 Å². The number of alkyl halides is 2. The van der Waals surface area contributed by atoms with Gasteiger partial charge >= 0.3 is 0 Å². The van der Waals surface area contributed by atoms with E-state index in [4.69, 9.17) is 23.2 Å². The van der Waals surface area contributed by atoms with E-state index < -0.39 is 22.4 Å². The van der Waals surface area contributed by atoms with Crippen LogP contribution in [0.15, 0.2) is 23.6 Å². The summed E-state index contributed by atoms with van der Waals surface area (Å²) in [7, 11) is 0. The zero-order valence-corrected chi connectivity index (χ0v) is 11.5. The van der Waals surface area contributed by atoms with Crippen molar-refractivity contribution in [3.8, 4) is 11.3 Å². The molecule has 0 saturated heterocycles. The number of aromatic nitrogens is 1. The van der Waals surface area contributed by atoms with Gasteiger partial charge in [-0.1, -0.05) is 23.2 Å². The molecule has 8 heteroatoms. The highest BCUT2D eigenvalue weighted by Gasteiger charge is 2.15. The molecule has 1 N–H and O–H groups in total. The molecule has 1 heterocycles. The molecule has 0 aliphatic carbocycles. The van der Waals surface area contributed by atoms with E-state index in [1.54, 1.807) is 0 Å². The third-order valence-corrected chi connectivity index (χ3v) is 3.29. The number of nitrogens with one attached hydrogen (secondary N) is 1. The molecule has 100 valence electrons. The lowest BCUT2D eigenvalue weighted by molar-refractivity contribution is -0.114. The average Bonchev–Trinajstić information content (AvgIpc) is 2.77. The van der Waals surface area contributed by atoms with Crippen LogP contribution < -0.4 is 5.32 Å². The molecule has 1 aromatic carbocycles. The molecular formula is C11H6Cl2F2N2OS. The number of hydrogen-bond acceptors (Lipinski definition) is 3. The van der Waals surface area contributed by atoms with Gasteiger partial charge in [-0.05, 0) is 12.1 Å². The van der Waals surface area contributed by atoms with Crippen molar-refractivity contribution in [3.63, 3.8) is 0 Å². The van der Waals surface area contributed by atoms with Crippen molar-refractivity contribution in [2.75, 3.05) is 5.32 Å². The Morgan fingerprint density at radius 1 is 1.37 bits per heavy atom. The largest absolute Gasteiger partial charge is 0.300 e. The van der Waals surface area contributed by atoms with E-state index in [9.17, 15) is 13.6 Å². The van der Waals surface area contributed by atoms with Crippen LogP contribution in [0, 0.1) is 11.6 Å². The van der Waals surface area contributed by atoms with Crippen molar-refractivity contribution in [1.29, 1.82) is 0 Å². The molecule has 0 saturated carbocycles. The molecule has 0 unspecified atom stereocenters. The normalized spacial score (nSPS) is 10.8. The van der Waals surface area contributed by atoms with Crippen LogP contribution >= 0.6 is 34.5 Å². The van der Waals surface area contributed by atoms with E-state index in [0.29, 0.717) is 5.69 Å². The number of anilines is 1. The Labute approximate surface area is 121 Å². The Morgan fingerprint density at radius 3 is 2.74 bits per heavy atom. The van der Waals surface area contributed by atoms with Crippen LogP contribution in [0.25, 0.3) is 11.3 Å². The number of nitrogens with zero attached hydrogens (tertiary/aromatic N) is 1. The third-order valence-electron chi connectivity index (χ3n) is 2.14. The number of hydrogen-bond donors (Lipinski definition) is 1. The summed E-state index contributed by atoms with van der Waals surface area (Å²) in [5, 5.41) is 4.13. The third kappa shape index (κ3) is 3.40. The quantitative estimate of drug-likeness (QED) is 0.872. The predicted molar refractivity (Wildman–Crippen MR) is 71.6 cm³/mol. The van der Waals surface area contributed by atoms with E-state index in [1.807, 2.05) is 0 Å². The van der Waals surface area contributed by atoms with E-state index in [1.165, 1.54) is 11.4 Å². The van der Waals surface area contributed by atoms with Crippen molar-refractivity contribution < 1.29 is 13.6 Å². The second kappa shape index (κ2) is 5.81. The highest BCUT2D eigenvalue weighted by molar-refractivity contribution is 7.14. The molecule has 0 spiro atoms. The van der Waals surface area contributed by atoms with Crippen molar-refractivity contribution in [1.82, 2.24) is 4.98 Å². The molecule has 19 heavy (non-hydrogen) atoms. The van der Waals surface area contributed by atoms with E-state index in [-0.39, 0.29) is 10.7 Å². The Hall–Kier alpha value is -1.24. The molecular weight excluding hydrogens is 317 g/mol. The van der Waals surface area contributed by atoms with Gasteiger partial charge in [0.15, 0.2) is 9.97 Å². The fourth-order valence-corrected chi connectivity index (χ4v) is 2.13. The first-order valence-corrected chi connectivity index (χ1v) is 6.72. The lowest BCUT2D eigenvalue weighted by Gasteiger charge is -2.01. The fraction of sp³-hybridized carbons (Fsp3) is 0.0909. The minimum absolute atomic E-state index is 0.145. The summed E-state index contributed by atoms with van der Waals surface area (Å²) < 4.78 is 26.3. The summed E-state index contributed by atoms with van der Waals surface area (Å²) >= 11 is 11.8.